The van der Waals surface area contributed by atoms with Gasteiger partial charge in [0.15, 0.2) is 5.13 Å². The van der Waals surface area contributed by atoms with Crippen molar-refractivity contribution in [2.75, 3.05) is 52.0 Å². The Kier molecular flexibility index (Phi) is 6.19. The minimum Gasteiger partial charge on any atom is -0.383 e. The first kappa shape index (κ1) is 16.2. The maximum absolute atomic E-state index is 11.9. The molecule has 0 saturated heterocycles. The smallest absolute Gasteiger partial charge is 0.265 e. The van der Waals surface area contributed by atoms with E-state index in [1.807, 2.05) is 0 Å². The van der Waals surface area contributed by atoms with E-state index in [-0.39, 0.29) is 23.1 Å². The molecular formula is C11H19N5O3S. The van der Waals surface area contributed by atoms with Gasteiger partial charge >= 0.3 is 0 Å². The zero-order valence-corrected chi connectivity index (χ0v) is 12.5. The molecule has 4 N–H and O–H groups in total. The minimum atomic E-state index is -0.407. The van der Waals surface area contributed by atoms with Gasteiger partial charge < -0.3 is 26.0 Å². The van der Waals surface area contributed by atoms with Gasteiger partial charge in [-0.05, 0) is 0 Å². The SMILES string of the molecule is COCCNc1nc(N)c(C(=O)NCC(=O)N(C)C)s1. The van der Waals surface area contributed by atoms with E-state index in [1.54, 1.807) is 21.2 Å². The summed E-state index contributed by atoms with van der Waals surface area (Å²) >= 11 is 1.14. The number of methoxy groups -OCH3 is 1. The van der Waals surface area contributed by atoms with E-state index in [0.29, 0.717) is 18.3 Å². The molecule has 2 amide bonds. The van der Waals surface area contributed by atoms with Crippen LogP contribution in [0, 0.1) is 0 Å². The molecule has 1 heterocycles. The lowest BCUT2D eigenvalue weighted by Crippen LogP contribution is -2.36. The molecule has 1 aromatic heterocycles. The third kappa shape index (κ3) is 4.67. The zero-order chi connectivity index (χ0) is 15.1. The van der Waals surface area contributed by atoms with Gasteiger partial charge in [0.25, 0.3) is 5.91 Å². The van der Waals surface area contributed by atoms with Gasteiger partial charge in [0.1, 0.15) is 10.7 Å². The second-order valence-corrected chi connectivity index (χ2v) is 5.12. The van der Waals surface area contributed by atoms with Crippen LogP contribution in [0.15, 0.2) is 0 Å². The topological polar surface area (TPSA) is 110 Å². The van der Waals surface area contributed by atoms with Crippen LogP contribution < -0.4 is 16.4 Å². The van der Waals surface area contributed by atoms with Gasteiger partial charge in [0.05, 0.1) is 13.2 Å². The molecule has 0 aliphatic rings. The Hall–Kier alpha value is -1.87. The van der Waals surface area contributed by atoms with Crippen molar-refractivity contribution in [3.63, 3.8) is 0 Å². The van der Waals surface area contributed by atoms with Crippen molar-refractivity contribution < 1.29 is 14.3 Å². The highest BCUT2D eigenvalue weighted by Crippen LogP contribution is 2.24. The predicted molar refractivity (Wildman–Crippen MR) is 77.9 cm³/mol. The first-order valence-electron chi connectivity index (χ1n) is 5.93. The number of nitrogens with zero attached hydrogens (tertiary/aromatic N) is 2. The summed E-state index contributed by atoms with van der Waals surface area (Å²) < 4.78 is 4.90. The van der Waals surface area contributed by atoms with Crippen LogP contribution in [-0.2, 0) is 9.53 Å². The highest BCUT2D eigenvalue weighted by atomic mass is 32.1. The molecule has 1 rings (SSSR count). The van der Waals surface area contributed by atoms with Crippen LogP contribution in [-0.4, -0.2) is 62.6 Å². The highest BCUT2D eigenvalue weighted by Gasteiger charge is 2.17. The maximum atomic E-state index is 11.9. The summed E-state index contributed by atoms with van der Waals surface area (Å²) in [5, 5.41) is 6.05. The summed E-state index contributed by atoms with van der Waals surface area (Å²) in [7, 11) is 4.83. The number of nitrogen functional groups attached to an aromatic ring is 1. The van der Waals surface area contributed by atoms with E-state index in [2.05, 4.69) is 15.6 Å². The number of ether oxygens (including phenoxy) is 1. The third-order valence-corrected chi connectivity index (χ3v) is 3.37. The Morgan fingerprint density at radius 3 is 2.75 bits per heavy atom. The van der Waals surface area contributed by atoms with Crippen molar-refractivity contribution in [3.05, 3.63) is 4.88 Å². The molecule has 0 radical (unpaired) electrons. The number of nitrogens with two attached hydrogens (primary N) is 1. The Morgan fingerprint density at radius 2 is 2.15 bits per heavy atom. The lowest BCUT2D eigenvalue weighted by molar-refractivity contribution is -0.127. The molecule has 1 aromatic rings. The normalized spacial score (nSPS) is 10.2. The average molecular weight is 301 g/mol. The molecule has 0 aliphatic heterocycles. The molecule has 20 heavy (non-hydrogen) atoms. The summed E-state index contributed by atoms with van der Waals surface area (Å²) in [5.41, 5.74) is 5.68. The Morgan fingerprint density at radius 1 is 1.45 bits per heavy atom. The predicted octanol–water partition coefficient (Wildman–Crippen LogP) is -0.398. The molecule has 0 unspecified atom stereocenters. The standard InChI is InChI=1S/C11H19N5O3S/c1-16(2)7(17)6-14-10(18)8-9(12)15-11(20-8)13-4-5-19-3/h4-6,12H2,1-3H3,(H,13,15)(H,14,18). The van der Waals surface area contributed by atoms with Gasteiger partial charge in [-0.25, -0.2) is 4.98 Å². The van der Waals surface area contributed by atoms with Gasteiger partial charge in [-0.3, -0.25) is 9.59 Å². The van der Waals surface area contributed by atoms with Crippen molar-refractivity contribution in [1.82, 2.24) is 15.2 Å². The molecule has 8 nitrogen and oxygen atoms in total. The van der Waals surface area contributed by atoms with Gasteiger partial charge in [-0.1, -0.05) is 11.3 Å². The number of carbonyl (C=O) groups is 2. The third-order valence-electron chi connectivity index (χ3n) is 2.34. The Bertz CT molecular complexity index is 475. The molecule has 112 valence electrons. The van der Waals surface area contributed by atoms with Crippen LogP contribution in [0.5, 0.6) is 0 Å². The molecule has 0 saturated carbocycles. The Balaban J connectivity index is 2.57. The molecule has 0 spiro atoms. The number of carbonyl (C=O) groups excluding carboxylic acids is 2. The monoisotopic (exact) mass is 301 g/mol. The van der Waals surface area contributed by atoms with Crippen LogP contribution >= 0.6 is 11.3 Å². The molecule has 0 aliphatic carbocycles. The largest absolute Gasteiger partial charge is 0.383 e. The number of aromatic nitrogens is 1. The first-order chi connectivity index (χ1) is 9.45. The van der Waals surface area contributed by atoms with Crippen molar-refractivity contribution in [1.29, 1.82) is 0 Å². The fraction of sp³-hybridized carbons (Fsp3) is 0.545. The summed E-state index contributed by atoms with van der Waals surface area (Å²) in [5.74, 6) is -0.459. The lowest BCUT2D eigenvalue weighted by atomic mass is 10.4. The number of rotatable bonds is 7. The van der Waals surface area contributed by atoms with Gasteiger partial charge in [0, 0.05) is 27.7 Å². The van der Waals surface area contributed by atoms with Crippen molar-refractivity contribution in [2.24, 2.45) is 0 Å². The molecule has 0 fully saturated rings. The second-order valence-electron chi connectivity index (χ2n) is 4.12. The van der Waals surface area contributed by atoms with E-state index in [1.165, 1.54) is 4.90 Å². The number of anilines is 2. The molecular weight excluding hydrogens is 282 g/mol. The Labute approximate surface area is 121 Å². The zero-order valence-electron chi connectivity index (χ0n) is 11.7. The number of hydrogen-bond donors (Lipinski definition) is 3. The van der Waals surface area contributed by atoms with E-state index in [9.17, 15) is 9.59 Å². The fourth-order valence-corrected chi connectivity index (χ4v) is 2.05. The molecule has 0 bridgehead atoms. The molecule has 0 aromatic carbocycles. The van der Waals surface area contributed by atoms with Gasteiger partial charge in [-0.2, -0.15) is 0 Å². The summed E-state index contributed by atoms with van der Waals surface area (Å²) in [6.45, 7) is 1.03. The summed E-state index contributed by atoms with van der Waals surface area (Å²) in [6, 6.07) is 0. The quantitative estimate of drug-likeness (QED) is 0.591. The van der Waals surface area contributed by atoms with E-state index < -0.39 is 5.91 Å². The number of amides is 2. The van der Waals surface area contributed by atoms with Crippen molar-refractivity contribution in [3.8, 4) is 0 Å². The maximum Gasteiger partial charge on any atom is 0.265 e. The van der Waals surface area contributed by atoms with Crippen molar-refractivity contribution in [2.45, 2.75) is 0 Å². The fourth-order valence-electron chi connectivity index (χ4n) is 1.22. The first-order valence-corrected chi connectivity index (χ1v) is 6.74. The van der Waals surface area contributed by atoms with Crippen molar-refractivity contribution >= 4 is 34.1 Å². The van der Waals surface area contributed by atoms with Crippen LogP contribution in [0.4, 0.5) is 10.9 Å². The summed E-state index contributed by atoms with van der Waals surface area (Å²) in [4.78, 5) is 29.0. The van der Waals surface area contributed by atoms with Crippen LogP contribution in [0.1, 0.15) is 9.67 Å². The average Bonchev–Trinajstić information content (AvgIpc) is 2.77. The number of likely N-dealkylation sites (N-methyl/N-ethyl adjacent to an activating group) is 1. The van der Waals surface area contributed by atoms with Crippen LogP contribution in [0.3, 0.4) is 0 Å². The van der Waals surface area contributed by atoms with E-state index in [0.717, 1.165) is 11.3 Å². The van der Waals surface area contributed by atoms with E-state index in [4.69, 9.17) is 10.5 Å². The summed E-state index contributed by atoms with van der Waals surface area (Å²) in [6.07, 6.45) is 0. The molecule has 0 atom stereocenters. The number of nitrogens with one attached hydrogen (secondary N) is 2. The number of hydrogen-bond acceptors (Lipinski definition) is 7. The van der Waals surface area contributed by atoms with Gasteiger partial charge in [-0.15, -0.1) is 0 Å². The lowest BCUT2D eigenvalue weighted by Gasteiger charge is -2.10. The minimum absolute atomic E-state index is 0.0738. The van der Waals surface area contributed by atoms with Gasteiger partial charge in [0.2, 0.25) is 5.91 Å². The second kappa shape index (κ2) is 7.65. The molecule has 9 heteroatoms. The highest BCUT2D eigenvalue weighted by molar-refractivity contribution is 7.18. The van der Waals surface area contributed by atoms with E-state index >= 15 is 0 Å². The van der Waals surface area contributed by atoms with Crippen LogP contribution in [0.25, 0.3) is 0 Å². The van der Waals surface area contributed by atoms with Crippen LogP contribution in [0.2, 0.25) is 0 Å². The number of thiazole rings is 1.